The Balaban J connectivity index is 3.60. The van der Waals surface area contributed by atoms with Crippen LogP contribution in [0.25, 0.3) is 0 Å². The van der Waals surface area contributed by atoms with Crippen molar-refractivity contribution in [3.63, 3.8) is 0 Å². The van der Waals surface area contributed by atoms with E-state index in [0.29, 0.717) is 0 Å². The second-order valence-electron chi connectivity index (χ2n) is 4.58. The summed E-state index contributed by atoms with van der Waals surface area (Å²) in [6.45, 7) is 5.91. The molecular formula is C14H28O2. The van der Waals surface area contributed by atoms with E-state index < -0.39 is 0 Å². The minimum Gasteiger partial charge on any atom is -0.463 e. The normalized spacial score (nSPS) is 12.4. The lowest BCUT2D eigenvalue weighted by molar-refractivity contribution is -0.147. The van der Waals surface area contributed by atoms with Crippen LogP contribution in [-0.2, 0) is 9.53 Å². The molecule has 2 heteroatoms. The van der Waals surface area contributed by atoms with Gasteiger partial charge < -0.3 is 4.74 Å². The molecule has 0 amide bonds. The van der Waals surface area contributed by atoms with Crippen molar-refractivity contribution < 1.29 is 9.53 Å². The summed E-state index contributed by atoms with van der Waals surface area (Å²) in [4.78, 5) is 10.9. The topological polar surface area (TPSA) is 26.3 Å². The summed E-state index contributed by atoms with van der Waals surface area (Å²) in [5.74, 6) is -0.130. The summed E-state index contributed by atoms with van der Waals surface area (Å²) in [6.07, 6.45) is 11.0. The fraction of sp³-hybridized carbons (Fsp3) is 0.929. The second-order valence-corrected chi connectivity index (χ2v) is 4.58. The second kappa shape index (κ2) is 11.0. The molecule has 0 aromatic rings. The Kier molecular flexibility index (Phi) is 10.6. The summed E-state index contributed by atoms with van der Waals surface area (Å²) in [6, 6.07) is 0. The maximum Gasteiger partial charge on any atom is 0.302 e. The molecule has 0 aliphatic rings. The molecule has 1 unspecified atom stereocenters. The first-order chi connectivity index (χ1) is 7.70. The van der Waals surface area contributed by atoms with E-state index in [-0.39, 0.29) is 12.1 Å². The number of rotatable bonds is 10. The third kappa shape index (κ3) is 10.0. The van der Waals surface area contributed by atoms with Gasteiger partial charge in [-0.05, 0) is 19.3 Å². The van der Waals surface area contributed by atoms with Crippen molar-refractivity contribution in [3.05, 3.63) is 0 Å². The Hall–Kier alpha value is -0.530. The van der Waals surface area contributed by atoms with Crippen LogP contribution in [0.4, 0.5) is 0 Å². The standard InChI is InChI=1S/C14H28O2/c1-4-6-8-9-10-12-14(11-7-5-2)16-13(3)15/h14H,4-12H2,1-3H3. The first-order valence-electron chi connectivity index (χ1n) is 6.87. The molecule has 0 aliphatic carbocycles. The van der Waals surface area contributed by atoms with Gasteiger partial charge in [0.1, 0.15) is 6.10 Å². The molecule has 96 valence electrons. The maximum atomic E-state index is 10.9. The minimum absolute atomic E-state index is 0.130. The van der Waals surface area contributed by atoms with Gasteiger partial charge in [0.2, 0.25) is 0 Å². The Labute approximate surface area is 101 Å². The van der Waals surface area contributed by atoms with E-state index in [9.17, 15) is 4.79 Å². The van der Waals surface area contributed by atoms with Gasteiger partial charge in [-0.1, -0.05) is 52.4 Å². The Bertz CT molecular complexity index is 166. The summed E-state index contributed by atoms with van der Waals surface area (Å²) < 4.78 is 5.32. The van der Waals surface area contributed by atoms with Gasteiger partial charge in [0.15, 0.2) is 0 Å². The highest BCUT2D eigenvalue weighted by atomic mass is 16.5. The molecular weight excluding hydrogens is 200 g/mol. The SMILES string of the molecule is CCCCCCCC(CCCC)OC(C)=O. The maximum absolute atomic E-state index is 10.9. The van der Waals surface area contributed by atoms with E-state index in [0.717, 1.165) is 19.3 Å². The first-order valence-corrected chi connectivity index (χ1v) is 6.87. The van der Waals surface area contributed by atoms with Crippen molar-refractivity contribution in [2.45, 2.75) is 84.7 Å². The molecule has 0 aromatic heterocycles. The fourth-order valence-electron chi connectivity index (χ4n) is 1.90. The molecule has 0 N–H and O–H groups in total. The lowest BCUT2D eigenvalue weighted by atomic mass is 10.0. The molecule has 0 aliphatic heterocycles. The average molecular weight is 228 g/mol. The first kappa shape index (κ1) is 15.5. The summed E-state index contributed by atoms with van der Waals surface area (Å²) in [5, 5.41) is 0. The molecule has 0 bridgehead atoms. The van der Waals surface area contributed by atoms with E-state index >= 15 is 0 Å². The highest BCUT2D eigenvalue weighted by molar-refractivity contribution is 5.66. The molecule has 0 heterocycles. The zero-order valence-electron chi connectivity index (χ0n) is 11.3. The van der Waals surface area contributed by atoms with Crippen LogP contribution >= 0.6 is 0 Å². The van der Waals surface area contributed by atoms with Crippen molar-refractivity contribution >= 4 is 5.97 Å². The number of hydrogen-bond acceptors (Lipinski definition) is 2. The monoisotopic (exact) mass is 228 g/mol. The van der Waals surface area contributed by atoms with Gasteiger partial charge in [-0.25, -0.2) is 0 Å². The zero-order valence-corrected chi connectivity index (χ0v) is 11.3. The smallest absolute Gasteiger partial charge is 0.302 e. The summed E-state index contributed by atoms with van der Waals surface area (Å²) in [5.41, 5.74) is 0. The lowest BCUT2D eigenvalue weighted by Crippen LogP contribution is -2.16. The Morgan fingerprint density at radius 1 is 0.938 bits per heavy atom. The van der Waals surface area contributed by atoms with E-state index in [2.05, 4.69) is 13.8 Å². The van der Waals surface area contributed by atoms with Crippen LogP contribution < -0.4 is 0 Å². The number of unbranched alkanes of at least 4 members (excludes halogenated alkanes) is 5. The average Bonchev–Trinajstić information content (AvgIpc) is 2.24. The van der Waals surface area contributed by atoms with Crippen molar-refractivity contribution in [2.24, 2.45) is 0 Å². The highest BCUT2D eigenvalue weighted by Gasteiger charge is 2.10. The molecule has 2 nitrogen and oxygen atoms in total. The molecule has 0 rings (SSSR count). The molecule has 0 saturated heterocycles. The van der Waals surface area contributed by atoms with E-state index in [4.69, 9.17) is 4.74 Å². The van der Waals surface area contributed by atoms with Gasteiger partial charge in [-0.15, -0.1) is 0 Å². The van der Waals surface area contributed by atoms with Gasteiger partial charge in [0, 0.05) is 6.92 Å². The molecule has 0 saturated carbocycles. The summed E-state index contributed by atoms with van der Waals surface area (Å²) >= 11 is 0. The molecule has 0 fully saturated rings. The van der Waals surface area contributed by atoms with Gasteiger partial charge in [0.25, 0.3) is 0 Å². The summed E-state index contributed by atoms with van der Waals surface area (Å²) in [7, 11) is 0. The van der Waals surface area contributed by atoms with Gasteiger partial charge >= 0.3 is 5.97 Å². The van der Waals surface area contributed by atoms with Crippen molar-refractivity contribution in [3.8, 4) is 0 Å². The van der Waals surface area contributed by atoms with Crippen LogP contribution in [0.5, 0.6) is 0 Å². The van der Waals surface area contributed by atoms with Crippen LogP contribution in [-0.4, -0.2) is 12.1 Å². The molecule has 0 aromatic carbocycles. The number of carbonyl (C=O) groups excluding carboxylic acids is 1. The van der Waals surface area contributed by atoms with Gasteiger partial charge in [-0.2, -0.15) is 0 Å². The van der Waals surface area contributed by atoms with Gasteiger partial charge in [0.05, 0.1) is 0 Å². The molecule has 0 radical (unpaired) electrons. The third-order valence-electron chi connectivity index (χ3n) is 2.84. The molecule has 16 heavy (non-hydrogen) atoms. The van der Waals surface area contributed by atoms with E-state index in [1.807, 2.05) is 0 Å². The number of hydrogen-bond donors (Lipinski definition) is 0. The molecule has 0 spiro atoms. The zero-order chi connectivity index (χ0) is 12.2. The number of carbonyl (C=O) groups is 1. The lowest BCUT2D eigenvalue weighted by Gasteiger charge is -2.16. The third-order valence-corrected chi connectivity index (χ3v) is 2.84. The van der Waals surface area contributed by atoms with E-state index in [1.165, 1.54) is 45.4 Å². The minimum atomic E-state index is -0.130. The van der Waals surface area contributed by atoms with Crippen LogP contribution in [0, 0.1) is 0 Å². The van der Waals surface area contributed by atoms with Crippen molar-refractivity contribution in [1.29, 1.82) is 0 Å². The van der Waals surface area contributed by atoms with Crippen molar-refractivity contribution in [2.75, 3.05) is 0 Å². The largest absolute Gasteiger partial charge is 0.463 e. The Morgan fingerprint density at radius 3 is 2.06 bits per heavy atom. The van der Waals surface area contributed by atoms with Crippen LogP contribution in [0.1, 0.15) is 78.6 Å². The highest BCUT2D eigenvalue weighted by Crippen LogP contribution is 2.14. The van der Waals surface area contributed by atoms with Crippen LogP contribution in [0.15, 0.2) is 0 Å². The Morgan fingerprint density at radius 2 is 1.50 bits per heavy atom. The van der Waals surface area contributed by atoms with Gasteiger partial charge in [-0.3, -0.25) is 4.79 Å². The fourth-order valence-corrected chi connectivity index (χ4v) is 1.90. The number of esters is 1. The van der Waals surface area contributed by atoms with E-state index in [1.54, 1.807) is 0 Å². The predicted octanol–water partition coefficient (Wildman–Crippen LogP) is 4.47. The quantitative estimate of drug-likeness (QED) is 0.407. The van der Waals surface area contributed by atoms with Crippen LogP contribution in [0.3, 0.4) is 0 Å². The van der Waals surface area contributed by atoms with Crippen LogP contribution in [0.2, 0.25) is 0 Å². The number of ether oxygens (including phenoxy) is 1. The predicted molar refractivity (Wildman–Crippen MR) is 68.5 cm³/mol. The molecule has 1 atom stereocenters. The van der Waals surface area contributed by atoms with Crippen molar-refractivity contribution in [1.82, 2.24) is 0 Å².